The first-order chi connectivity index (χ1) is 9.95. The summed E-state index contributed by atoms with van der Waals surface area (Å²) in [6, 6.07) is 1.32. The topological polar surface area (TPSA) is 72.7 Å². The maximum absolute atomic E-state index is 13.7. The van der Waals surface area contributed by atoms with Crippen LogP contribution in [0.5, 0.6) is 0 Å². The van der Waals surface area contributed by atoms with Crippen LogP contribution >= 0.6 is 11.6 Å². The molecule has 1 aliphatic heterocycles. The number of hydrogen-bond donors (Lipinski definition) is 0. The molecule has 0 aromatic heterocycles. The molecule has 0 spiro atoms. The van der Waals surface area contributed by atoms with Crippen molar-refractivity contribution in [1.29, 1.82) is 0 Å². The molecule has 1 heterocycles. The van der Waals surface area contributed by atoms with Crippen LogP contribution in [0.4, 0.5) is 15.8 Å². The second-order valence-corrected chi connectivity index (χ2v) is 5.15. The predicted octanol–water partition coefficient (Wildman–Crippen LogP) is 2.92. The first kappa shape index (κ1) is 15.5. The Morgan fingerprint density at radius 3 is 2.86 bits per heavy atom. The number of ether oxygens (including phenoxy) is 1. The molecule has 0 saturated carbocycles. The summed E-state index contributed by atoms with van der Waals surface area (Å²) in [5.41, 5.74) is -0.269. The summed E-state index contributed by atoms with van der Waals surface area (Å²) in [5.74, 6) is -1.24. The molecule has 0 amide bonds. The average Bonchev–Trinajstić information content (AvgIpc) is 2.48. The average molecular weight is 317 g/mol. The number of benzene rings is 1. The smallest absolute Gasteiger partial charge is 0.328 e. The minimum Gasteiger partial charge on any atom is -0.467 e. The van der Waals surface area contributed by atoms with Crippen LogP contribution in [0.25, 0.3) is 0 Å². The molecule has 114 valence electrons. The Bertz CT molecular complexity index is 582. The van der Waals surface area contributed by atoms with Crippen molar-refractivity contribution >= 4 is 28.9 Å². The lowest BCUT2D eigenvalue weighted by atomic mass is 10.0. The van der Waals surface area contributed by atoms with Gasteiger partial charge in [-0.05, 0) is 19.3 Å². The van der Waals surface area contributed by atoms with E-state index in [9.17, 15) is 19.3 Å². The van der Waals surface area contributed by atoms with E-state index >= 15 is 0 Å². The monoisotopic (exact) mass is 316 g/mol. The lowest BCUT2D eigenvalue weighted by Gasteiger charge is -2.35. The van der Waals surface area contributed by atoms with Crippen molar-refractivity contribution in [2.24, 2.45) is 0 Å². The molecule has 1 aromatic rings. The minimum absolute atomic E-state index is 0.0528. The Kier molecular flexibility index (Phi) is 4.62. The van der Waals surface area contributed by atoms with Crippen molar-refractivity contribution in [3.05, 3.63) is 33.1 Å². The zero-order valence-electron chi connectivity index (χ0n) is 11.3. The van der Waals surface area contributed by atoms with Crippen LogP contribution in [0.2, 0.25) is 5.02 Å². The number of anilines is 1. The molecule has 1 atom stereocenters. The van der Waals surface area contributed by atoms with E-state index in [4.69, 9.17) is 16.3 Å². The van der Waals surface area contributed by atoms with E-state index in [1.54, 1.807) is 0 Å². The van der Waals surface area contributed by atoms with E-state index in [-0.39, 0.29) is 16.4 Å². The Morgan fingerprint density at radius 2 is 2.24 bits per heavy atom. The van der Waals surface area contributed by atoms with Gasteiger partial charge in [-0.3, -0.25) is 10.1 Å². The molecule has 1 saturated heterocycles. The van der Waals surface area contributed by atoms with Gasteiger partial charge in [0.25, 0.3) is 5.69 Å². The summed E-state index contributed by atoms with van der Waals surface area (Å²) < 4.78 is 18.4. The molecule has 1 fully saturated rings. The standard InChI is InChI=1S/C13H14ClFN2O4/c1-21-13(18)10-4-2-3-5-16(10)11-7-9(15)8(14)6-12(11)17(19)20/h6-7,10H,2-5H2,1H3. The van der Waals surface area contributed by atoms with E-state index in [2.05, 4.69) is 0 Å². The second-order valence-electron chi connectivity index (χ2n) is 4.74. The quantitative estimate of drug-likeness (QED) is 0.487. The fourth-order valence-electron chi connectivity index (χ4n) is 2.50. The van der Waals surface area contributed by atoms with Crippen molar-refractivity contribution in [1.82, 2.24) is 0 Å². The van der Waals surface area contributed by atoms with Gasteiger partial charge < -0.3 is 9.64 Å². The summed E-state index contributed by atoms with van der Waals surface area (Å²) in [4.78, 5) is 23.9. The number of carbonyl (C=O) groups excluding carboxylic acids is 1. The molecule has 2 rings (SSSR count). The van der Waals surface area contributed by atoms with Crippen molar-refractivity contribution in [2.75, 3.05) is 18.6 Å². The van der Waals surface area contributed by atoms with Crippen LogP contribution in [0.15, 0.2) is 12.1 Å². The lowest BCUT2D eigenvalue weighted by Crippen LogP contribution is -2.45. The maximum atomic E-state index is 13.7. The molecule has 0 bridgehead atoms. The first-order valence-corrected chi connectivity index (χ1v) is 6.81. The Balaban J connectivity index is 2.49. The molecule has 1 aliphatic rings. The minimum atomic E-state index is -0.758. The second kappa shape index (κ2) is 6.26. The van der Waals surface area contributed by atoms with Gasteiger partial charge in [-0.2, -0.15) is 0 Å². The number of rotatable bonds is 3. The fourth-order valence-corrected chi connectivity index (χ4v) is 2.66. The maximum Gasteiger partial charge on any atom is 0.328 e. The van der Waals surface area contributed by atoms with Crippen LogP contribution in [0, 0.1) is 15.9 Å². The summed E-state index contributed by atoms with van der Waals surface area (Å²) in [7, 11) is 1.26. The van der Waals surface area contributed by atoms with Crippen molar-refractivity contribution in [2.45, 2.75) is 25.3 Å². The molecular formula is C13H14ClFN2O4. The number of esters is 1. The Labute approximate surface area is 125 Å². The Hall–Kier alpha value is -1.89. The number of carbonyl (C=O) groups is 1. The summed E-state index contributed by atoms with van der Waals surface area (Å²) in [6.07, 6.45) is 2.07. The van der Waals surface area contributed by atoms with Gasteiger partial charge in [-0.1, -0.05) is 11.6 Å². The van der Waals surface area contributed by atoms with Gasteiger partial charge in [0.05, 0.1) is 17.1 Å². The van der Waals surface area contributed by atoms with E-state index in [1.807, 2.05) is 0 Å². The van der Waals surface area contributed by atoms with E-state index in [1.165, 1.54) is 12.0 Å². The zero-order chi connectivity index (χ0) is 15.6. The largest absolute Gasteiger partial charge is 0.467 e. The summed E-state index contributed by atoms with van der Waals surface area (Å²) >= 11 is 5.61. The highest BCUT2D eigenvalue weighted by Crippen LogP contribution is 2.36. The molecule has 1 unspecified atom stereocenters. The van der Waals surface area contributed by atoms with Crippen molar-refractivity contribution in [3.8, 4) is 0 Å². The molecule has 8 heteroatoms. The normalized spacial score (nSPS) is 18.4. The number of hydrogen-bond acceptors (Lipinski definition) is 5. The number of nitro benzene ring substituents is 1. The molecule has 6 nitrogen and oxygen atoms in total. The van der Waals surface area contributed by atoms with Gasteiger partial charge in [0, 0.05) is 18.7 Å². The van der Waals surface area contributed by atoms with E-state index in [0.717, 1.165) is 25.0 Å². The molecular weight excluding hydrogens is 303 g/mol. The Morgan fingerprint density at radius 1 is 1.52 bits per heavy atom. The zero-order valence-corrected chi connectivity index (χ0v) is 12.1. The summed E-state index contributed by atoms with van der Waals surface area (Å²) in [5, 5.41) is 10.8. The van der Waals surface area contributed by atoms with Gasteiger partial charge in [0.15, 0.2) is 0 Å². The highest BCUT2D eigenvalue weighted by molar-refractivity contribution is 6.31. The number of methoxy groups -OCH3 is 1. The van der Waals surface area contributed by atoms with Crippen molar-refractivity contribution in [3.63, 3.8) is 0 Å². The SMILES string of the molecule is COC(=O)C1CCCCN1c1cc(F)c(Cl)cc1[N+](=O)[O-]. The van der Waals surface area contributed by atoms with Gasteiger partial charge in [0.1, 0.15) is 17.5 Å². The molecule has 21 heavy (non-hydrogen) atoms. The lowest BCUT2D eigenvalue weighted by molar-refractivity contribution is -0.384. The number of nitro groups is 1. The van der Waals surface area contributed by atoms with Gasteiger partial charge in [-0.15, -0.1) is 0 Å². The molecule has 0 N–H and O–H groups in total. The van der Waals surface area contributed by atoms with E-state index in [0.29, 0.717) is 13.0 Å². The third kappa shape index (κ3) is 3.07. The highest BCUT2D eigenvalue weighted by Gasteiger charge is 2.34. The summed E-state index contributed by atoms with van der Waals surface area (Å²) in [6.45, 7) is 0.418. The van der Waals surface area contributed by atoms with Crippen LogP contribution in [0.3, 0.4) is 0 Å². The first-order valence-electron chi connectivity index (χ1n) is 6.43. The molecule has 0 radical (unpaired) electrons. The van der Waals surface area contributed by atoms with Crippen LogP contribution < -0.4 is 4.90 Å². The number of nitrogens with zero attached hydrogens (tertiary/aromatic N) is 2. The number of piperidine rings is 1. The predicted molar refractivity (Wildman–Crippen MR) is 75.1 cm³/mol. The van der Waals surface area contributed by atoms with Crippen molar-refractivity contribution < 1.29 is 18.8 Å². The van der Waals surface area contributed by atoms with Crippen LogP contribution in [0.1, 0.15) is 19.3 Å². The van der Waals surface area contributed by atoms with Gasteiger partial charge >= 0.3 is 5.97 Å². The highest BCUT2D eigenvalue weighted by atomic mass is 35.5. The van der Waals surface area contributed by atoms with Crippen LogP contribution in [-0.4, -0.2) is 30.6 Å². The third-order valence-electron chi connectivity index (χ3n) is 3.50. The van der Waals surface area contributed by atoms with Gasteiger partial charge in [-0.25, -0.2) is 9.18 Å². The number of halogens is 2. The van der Waals surface area contributed by atoms with Gasteiger partial charge in [0.2, 0.25) is 0 Å². The van der Waals surface area contributed by atoms with E-state index < -0.39 is 22.8 Å². The molecule has 0 aliphatic carbocycles. The fraction of sp³-hybridized carbons (Fsp3) is 0.462. The van der Waals surface area contributed by atoms with Crippen LogP contribution in [-0.2, 0) is 9.53 Å². The third-order valence-corrected chi connectivity index (χ3v) is 3.79. The molecule has 1 aromatic carbocycles.